The van der Waals surface area contributed by atoms with E-state index in [1.54, 1.807) is 26.0 Å². The zero-order valence-corrected chi connectivity index (χ0v) is 10.6. The van der Waals surface area contributed by atoms with Crippen LogP contribution in [0.3, 0.4) is 0 Å². The fraction of sp³-hybridized carbons (Fsp3) is 0.417. The molecule has 0 aliphatic heterocycles. The molecule has 1 aromatic rings. The minimum absolute atomic E-state index is 0.0777. The highest BCUT2D eigenvalue weighted by atomic mass is 19.4. The number of aryl methyl sites for hydroxylation is 2. The van der Waals surface area contributed by atoms with Crippen molar-refractivity contribution in [2.24, 2.45) is 5.73 Å². The van der Waals surface area contributed by atoms with E-state index < -0.39 is 19.6 Å². The van der Waals surface area contributed by atoms with E-state index in [0.29, 0.717) is 22.4 Å². The van der Waals surface area contributed by atoms with Gasteiger partial charge in [0, 0.05) is 5.56 Å². The Hall–Kier alpha value is -1.76. The van der Waals surface area contributed by atoms with Crippen LogP contribution in [0.4, 0.5) is 13.2 Å². The van der Waals surface area contributed by atoms with Gasteiger partial charge in [-0.2, -0.15) is 13.2 Å². The summed E-state index contributed by atoms with van der Waals surface area (Å²) in [5, 5.41) is 7.32. The van der Waals surface area contributed by atoms with Crippen molar-refractivity contribution in [1.82, 2.24) is 0 Å². The largest absolute Gasteiger partial charge is 0.467 e. The van der Waals surface area contributed by atoms with Gasteiger partial charge in [-0.1, -0.05) is 0 Å². The van der Waals surface area contributed by atoms with Gasteiger partial charge in [0.2, 0.25) is 0 Å². The van der Waals surface area contributed by atoms with E-state index in [9.17, 15) is 13.2 Å². The monoisotopic (exact) mass is 276 g/mol. The number of halogens is 3. The maximum atomic E-state index is 11.9. The molecule has 0 radical (unpaired) electrons. The molecule has 19 heavy (non-hydrogen) atoms. The van der Waals surface area contributed by atoms with Gasteiger partial charge in [-0.3, -0.25) is 5.41 Å². The average molecular weight is 276 g/mol. The van der Waals surface area contributed by atoms with Gasteiger partial charge in [0.1, 0.15) is 18.2 Å². The van der Waals surface area contributed by atoms with E-state index in [2.05, 4.69) is 4.74 Å². The van der Waals surface area contributed by atoms with Crippen molar-refractivity contribution >= 4 is 5.84 Å². The quantitative estimate of drug-likeness (QED) is 0.376. The number of hydrogen-bond acceptors (Lipinski definition) is 3. The molecule has 0 aromatic heterocycles. The molecule has 4 nitrogen and oxygen atoms in total. The van der Waals surface area contributed by atoms with Crippen LogP contribution in [0.15, 0.2) is 12.1 Å². The van der Waals surface area contributed by atoms with Crippen LogP contribution in [0, 0.1) is 19.3 Å². The van der Waals surface area contributed by atoms with Gasteiger partial charge in [-0.15, -0.1) is 0 Å². The number of hydrogen-bond donors (Lipinski definition) is 2. The molecule has 7 heteroatoms. The van der Waals surface area contributed by atoms with Crippen molar-refractivity contribution in [3.8, 4) is 5.75 Å². The number of alkyl halides is 3. The molecule has 0 unspecified atom stereocenters. The molecule has 0 aliphatic rings. The van der Waals surface area contributed by atoms with Crippen molar-refractivity contribution in [1.29, 1.82) is 5.41 Å². The second-order valence-electron chi connectivity index (χ2n) is 4.08. The summed E-state index contributed by atoms with van der Waals surface area (Å²) in [6.07, 6.45) is -4.37. The van der Waals surface area contributed by atoms with E-state index in [0.717, 1.165) is 0 Å². The number of ether oxygens (including phenoxy) is 2. The second-order valence-corrected chi connectivity index (χ2v) is 4.08. The summed E-state index contributed by atoms with van der Waals surface area (Å²) in [5.74, 6) is 0.359. The first-order chi connectivity index (χ1) is 8.70. The van der Waals surface area contributed by atoms with Crippen LogP contribution in [-0.2, 0) is 4.74 Å². The van der Waals surface area contributed by atoms with Crippen molar-refractivity contribution in [2.75, 3.05) is 13.4 Å². The third-order valence-electron chi connectivity index (χ3n) is 2.32. The molecule has 0 saturated heterocycles. The molecular weight excluding hydrogens is 261 g/mol. The van der Waals surface area contributed by atoms with E-state index in [1.165, 1.54) is 0 Å². The van der Waals surface area contributed by atoms with Gasteiger partial charge in [-0.25, -0.2) is 0 Å². The lowest BCUT2D eigenvalue weighted by molar-refractivity contribution is -0.186. The third kappa shape index (κ3) is 4.78. The second kappa shape index (κ2) is 5.92. The Balaban J connectivity index is 2.67. The van der Waals surface area contributed by atoms with E-state index >= 15 is 0 Å². The predicted octanol–water partition coefficient (Wildman–Crippen LogP) is 2.50. The number of amidine groups is 1. The van der Waals surface area contributed by atoms with Gasteiger partial charge in [0.05, 0.1) is 0 Å². The molecule has 0 atom stereocenters. The minimum atomic E-state index is -4.37. The Kier molecular flexibility index (Phi) is 4.77. The summed E-state index contributed by atoms with van der Waals surface area (Å²) in [5.41, 5.74) is 7.27. The fourth-order valence-corrected chi connectivity index (χ4v) is 1.59. The van der Waals surface area contributed by atoms with Gasteiger partial charge in [0.25, 0.3) is 0 Å². The number of rotatable bonds is 5. The standard InChI is InChI=1S/C12H15F3N2O2/c1-7-3-9(11(16)17)4-8(2)10(7)19-6-18-5-12(13,14)15/h3-4H,5-6H2,1-2H3,(H3,16,17). The molecule has 0 bridgehead atoms. The van der Waals surface area contributed by atoms with Gasteiger partial charge < -0.3 is 15.2 Å². The molecule has 0 fully saturated rings. The first-order valence-corrected chi connectivity index (χ1v) is 5.43. The van der Waals surface area contributed by atoms with Crippen molar-refractivity contribution in [3.05, 3.63) is 28.8 Å². The fourth-order valence-electron chi connectivity index (χ4n) is 1.59. The molecule has 0 aliphatic carbocycles. The lowest BCUT2D eigenvalue weighted by Crippen LogP contribution is -2.19. The zero-order chi connectivity index (χ0) is 14.6. The predicted molar refractivity (Wildman–Crippen MR) is 64.4 cm³/mol. The average Bonchev–Trinajstić information content (AvgIpc) is 2.25. The van der Waals surface area contributed by atoms with Gasteiger partial charge in [0.15, 0.2) is 6.79 Å². The molecule has 0 spiro atoms. The highest BCUT2D eigenvalue weighted by Crippen LogP contribution is 2.25. The Morgan fingerprint density at radius 2 is 1.79 bits per heavy atom. The first kappa shape index (κ1) is 15.3. The molecule has 0 saturated carbocycles. The lowest BCUT2D eigenvalue weighted by Gasteiger charge is -2.14. The Morgan fingerprint density at radius 1 is 1.26 bits per heavy atom. The highest BCUT2D eigenvalue weighted by molar-refractivity contribution is 5.95. The van der Waals surface area contributed by atoms with Crippen molar-refractivity contribution in [3.63, 3.8) is 0 Å². The van der Waals surface area contributed by atoms with Crippen LogP contribution >= 0.6 is 0 Å². The van der Waals surface area contributed by atoms with Crippen LogP contribution in [0.1, 0.15) is 16.7 Å². The zero-order valence-electron chi connectivity index (χ0n) is 10.6. The summed E-state index contributed by atoms with van der Waals surface area (Å²) in [6, 6.07) is 3.27. The van der Waals surface area contributed by atoms with Crippen molar-refractivity contribution in [2.45, 2.75) is 20.0 Å². The summed E-state index contributed by atoms with van der Waals surface area (Å²) in [4.78, 5) is 0. The molecule has 106 valence electrons. The summed E-state index contributed by atoms with van der Waals surface area (Å²) < 4.78 is 45.1. The topological polar surface area (TPSA) is 68.3 Å². The van der Waals surface area contributed by atoms with Gasteiger partial charge >= 0.3 is 6.18 Å². The van der Waals surface area contributed by atoms with E-state index in [1.807, 2.05) is 0 Å². The number of nitrogens with two attached hydrogens (primary N) is 1. The molecular formula is C12H15F3N2O2. The molecule has 0 amide bonds. The summed E-state index contributed by atoms with van der Waals surface area (Å²) >= 11 is 0. The highest BCUT2D eigenvalue weighted by Gasteiger charge is 2.27. The summed E-state index contributed by atoms with van der Waals surface area (Å²) in [6.45, 7) is 1.61. The smallest absolute Gasteiger partial charge is 0.411 e. The lowest BCUT2D eigenvalue weighted by atomic mass is 10.1. The third-order valence-corrected chi connectivity index (χ3v) is 2.32. The van der Waals surface area contributed by atoms with Crippen LogP contribution < -0.4 is 10.5 Å². The SMILES string of the molecule is Cc1cc(C(=N)N)cc(C)c1OCOCC(F)(F)F. The number of benzene rings is 1. The molecule has 1 aromatic carbocycles. The van der Waals surface area contributed by atoms with Crippen LogP contribution in [0.25, 0.3) is 0 Å². The summed E-state index contributed by atoms with van der Waals surface area (Å²) in [7, 11) is 0. The number of nitrogens with one attached hydrogen (secondary N) is 1. The van der Waals surface area contributed by atoms with Crippen LogP contribution in [0.5, 0.6) is 5.75 Å². The maximum absolute atomic E-state index is 11.9. The molecule has 3 N–H and O–H groups in total. The minimum Gasteiger partial charge on any atom is -0.467 e. The van der Waals surface area contributed by atoms with Gasteiger partial charge in [-0.05, 0) is 37.1 Å². The normalized spacial score (nSPS) is 11.4. The first-order valence-electron chi connectivity index (χ1n) is 5.43. The van der Waals surface area contributed by atoms with E-state index in [-0.39, 0.29) is 5.84 Å². The van der Waals surface area contributed by atoms with Crippen LogP contribution in [0.2, 0.25) is 0 Å². The molecule has 1 rings (SSSR count). The van der Waals surface area contributed by atoms with E-state index in [4.69, 9.17) is 15.9 Å². The molecule has 0 heterocycles. The van der Waals surface area contributed by atoms with Crippen LogP contribution in [-0.4, -0.2) is 25.4 Å². The Bertz CT molecular complexity index is 450. The maximum Gasteiger partial charge on any atom is 0.411 e. The Labute approximate surface area is 108 Å². The van der Waals surface area contributed by atoms with Crippen molar-refractivity contribution < 1.29 is 22.6 Å². The number of nitrogen functional groups attached to an aromatic ring is 1. The Morgan fingerprint density at radius 3 is 2.21 bits per heavy atom.